The second-order valence-electron chi connectivity index (χ2n) is 2.83. The molecule has 0 aliphatic heterocycles. The molecule has 0 aromatic heterocycles. The molecule has 0 saturated carbocycles. The first kappa shape index (κ1) is 11.4. The number of hydrogen-bond donors (Lipinski definition) is 1. The molecule has 1 amide bonds. The van der Waals surface area contributed by atoms with Crippen LogP contribution < -0.4 is 5.32 Å². The van der Waals surface area contributed by atoms with Crippen molar-refractivity contribution in [3.63, 3.8) is 0 Å². The fourth-order valence-electron chi connectivity index (χ4n) is 0.974. The molecule has 1 aromatic carbocycles. The van der Waals surface area contributed by atoms with Crippen LogP contribution in [0.4, 0.5) is 0 Å². The third-order valence-corrected chi connectivity index (χ3v) is 3.11. The first-order chi connectivity index (χ1) is 6.63. The molecule has 0 spiro atoms. The molecule has 0 aliphatic rings. The van der Waals surface area contributed by atoms with E-state index in [1.807, 2.05) is 31.2 Å². The van der Waals surface area contributed by atoms with E-state index < -0.39 is 0 Å². The minimum absolute atomic E-state index is 0.0324. The van der Waals surface area contributed by atoms with Crippen molar-refractivity contribution >= 4 is 29.3 Å². The first-order valence-electron chi connectivity index (χ1n) is 4.27. The molecule has 0 radical (unpaired) electrons. The van der Waals surface area contributed by atoms with Crippen LogP contribution in [0.15, 0.2) is 29.2 Å². The van der Waals surface area contributed by atoms with Crippen molar-refractivity contribution in [2.45, 2.75) is 17.1 Å². The van der Waals surface area contributed by atoms with Crippen molar-refractivity contribution in [1.29, 1.82) is 0 Å². The number of benzene rings is 1. The molecular formula is C10H12ClNOS. The average molecular weight is 230 g/mol. The highest BCUT2D eigenvalue weighted by Crippen LogP contribution is 2.24. The maximum atomic E-state index is 11.2. The Kier molecular flexibility index (Phi) is 4.29. The maximum Gasteiger partial charge on any atom is 0.232 e. The van der Waals surface area contributed by atoms with E-state index in [0.717, 1.165) is 4.90 Å². The molecule has 4 heteroatoms. The number of hydrogen-bond acceptors (Lipinski definition) is 2. The number of nitrogens with one attached hydrogen (secondary N) is 1. The Balaban J connectivity index is 2.60. The van der Waals surface area contributed by atoms with Crippen molar-refractivity contribution in [3.8, 4) is 0 Å². The van der Waals surface area contributed by atoms with Gasteiger partial charge in [0.1, 0.15) is 0 Å². The summed E-state index contributed by atoms with van der Waals surface area (Å²) in [5, 5.41) is 3.24. The highest BCUT2D eigenvalue weighted by atomic mass is 35.5. The summed E-state index contributed by atoms with van der Waals surface area (Å²) in [6.45, 7) is 1.87. The van der Waals surface area contributed by atoms with Crippen molar-refractivity contribution < 1.29 is 4.79 Å². The highest BCUT2D eigenvalue weighted by Gasteiger charge is 2.11. The van der Waals surface area contributed by atoms with E-state index in [1.54, 1.807) is 7.05 Å². The Hall–Kier alpha value is -0.670. The molecule has 1 aromatic rings. The molecular weight excluding hydrogens is 218 g/mol. The molecule has 1 rings (SSSR count). The fourth-order valence-corrected chi connectivity index (χ4v) is 2.03. The summed E-state index contributed by atoms with van der Waals surface area (Å²) < 4.78 is 0. The van der Waals surface area contributed by atoms with Crippen LogP contribution >= 0.6 is 23.4 Å². The van der Waals surface area contributed by atoms with Crippen molar-refractivity contribution in [2.24, 2.45) is 0 Å². The van der Waals surface area contributed by atoms with Gasteiger partial charge in [-0.25, -0.2) is 0 Å². The van der Waals surface area contributed by atoms with Gasteiger partial charge >= 0.3 is 0 Å². The third-order valence-electron chi connectivity index (χ3n) is 1.74. The number of carbonyl (C=O) groups is 1. The zero-order valence-corrected chi connectivity index (χ0v) is 9.65. The minimum atomic E-state index is -0.0822. The summed E-state index contributed by atoms with van der Waals surface area (Å²) in [6, 6.07) is 7.46. The number of amides is 1. The molecule has 0 saturated heterocycles. The molecule has 0 heterocycles. The van der Waals surface area contributed by atoms with Crippen LogP contribution in [-0.2, 0) is 4.79 Å². The van der Waals surface area contributed by atoms with Gasteiger partial charge in [0.05, 0.1) is 5.25 Å². The molecule has 0 unspecified atom stereocenters. The van der Waals surface area contributed by atoms with E-state index in [9.17, 15) is 4.79 Å². The Morgan fingerprint density at radius 3 is 2.50 bits per heavy atom. The van der Waals surface area contributed by atoms with Gasteiger partial charge in [-0.2, -0.15) is 0 Å². The van der Waals surface area contributed by atoms with E-state index in [0.29, 0.717) is 5.02 Å². The fraction of sp³-hybridized carbons (Fsp3) is 0.300. The van der Waals surface area contributed by atoms with Crippen LogP contribution in [0.2, 0.25) is 5.02 Å². The van der Waals surface area contributed by atoms with Gasteiger partial charge in [0, 0.05) is 17.0 Å². The average Bonchev–Trinajstić information content (AvgIpc) is 2.20. The monoisotopic (exact) mass is 229 g/mol. The van der Waals surface area contributed by atoms with Gasteiger partial charge in [-0.05, 0) is 31.2 Å². The lowest BCUT2D eigenvalue weighted by atomic mass is 10.4. The summed E-state index contributed by atoms with van der Waals surface area (Å²) in [5.74, 6) is 0.0324. The largest absolute Gasteiger partial charge is 0.358 e. The van der Waals surface area contributed by atoms with Crippen LogP contribution in [0.3, 0.4) is 0 Å². The molecule has 0 bridgehead atoms. The van der Waals surface area contributed by atoms with E-state index in [2.05, 4.69) is 5.32 Å². The van der Waals surface area contributed by atoms with Gasteiger partial charge in [0.2, 0.25) is 5.91 Å². The zero-order valence-electron chi connectivity index (χ0n) is 8.08. The van der Waals surface area contributed by atoms with E-state index in [1.165, 1.54) is 11.8 Å². The Labute approximate surface area is 93.0 Å². The van der Waals surface area contributed by atoms with Gasteiger partial charge in [-0.1, -0.05) is 11.6 Å². The van der Waals surface area contributed by atoms with Crippen LogP contribution in [0, 0.1) is 0 Å². The maximum absolute atomic E-state index is 11.2. The van der Waals surface area contributed by atoms with Crippen LogP contribution in [0.1, 0.15) is 6.92 Å². The first-order valence-corrected chi connectivity index (χ1v) is 5.53. The summed E-state index contributed by atoms with van der Waals surface area (Å²) in [6.07, 6.45) is 0. The highest BCUT2D eigenvalue weighted by molar-refractivity contribution is 8.00. The standard InChI is InChI=1S/C10H12ClNOS/c1-7(10(13)12-2)14-9-5-3-8(11)4-6-9/h3-7H,1-2H3,(H,12,13)/t7-/m0/s1. The number of carbonyl (C=O) groups excluding carboxylic acids is 1. The van der Waals surface area contributed by atoms with Gasteiger partial charge in [0.15, 0.2) is 0 Å². The van der Waals surface area contributed by atoms with E-state index >= 15 is 0 Å². The molecule has 0 fully saturated rings. The van der Waals surface area contributed by atoms with Crippen molar-refractivity contribution in [2.75, 3.05) is 7.05 Å². The van der Waals surface area contributed by atoms with Gasteiger partial charge < -0.3 is 5.32 Å². The topological polar surface area (TPSA) is 29.1 Å². The molecule has 1 N–H and O–H groups in total. The normalized spacial score (nSPS) is 12.2. The summed E-state index contributed by atoms with van der Waals surface area (Å²) >= 11 is 7.26. The SMILES string of the molecule is CNC(=O)[C@H](C)Sc1ccc(Cl)cc1. The Bertz CT molecular complexity index is 312. The lowest BCUT2D eigenvalue weighted by molar-refractivity contribution is -0.119. The van der Waals surface area contributed by atoms with Gasteiger partial charge in [-0.15, -0.1) is 11.8 Å². The lowest BCUT2D eigenvalue weighted by Gasteiger charge is -2.08. The van der Waals surface area contributed by atoms with E-state index in [-0.39, 0.29) is 11.2 Å². The third kappa shape index (κ3) is 3.24. The molecule has 76 valence electrons. The van der Waals surface area contributed by atoms with Crippen molar-refractivity contribution in [3.05, 3.63) is 29.3 Å². The summed E-state index contributed by atoms with van der Waals surface area (Å²) in [7, 11) is 1.64. The predicted molar refractivity (Wildman–Crippen MR) is 60.8 cm³/mol. The van der Waals surface area contributed by atoms with E-state index in [4.69, 9.17) is 11.6 Å². The molecule has 14 heavy (non-hydrogen) atoms. The van der Waals surface area contributed by atoms with Gasteiger partial charge in [-0.3, -0.25) is 4.79 Å². The minimum Gasteiger partial charge on any atom is -0.358 e. The van der Waals surface area contributed by atoms with Crippen LogP contribution in [0.5, 0.6) is 0 Å². The smallest absolute Gasteiger partial charge is 0.232 e. The van der Waals surface area contributed by atoms with Crippen molar-refractivity contribution in [1.82, 2.24) is 5.32 Å². The van der Waals surface area contributed by atoms with Crippen LogP contribution in [-0.4, -0.2) is 18.2 Å². The van der Waals surface area contributed by atoms with Gasteiger partial charge in [0.25, 0.3) is 0 Å². The predicted octanol–water partition coefficient (Wildman–Crippen LogP) is 2.57. The van der Waals surface area contributed by atoms with Crippen LogP contribution in [0.25, 0.3) is 0 Å². The second kappa shape index (κ2) is 5.27. The summed E-state index contributed by atoms with van der Waals surface area (Å²) in [5.41, 5.74) is 0. The zero-order chi connectivity index (χ0) is 10.6. The Morgan fingerprint density at radius 2 is 2.00 bits per heavy atom. The Morgan fingerprint density at radius 1 is 1.43 bits per heavy atom. The number of halogens is 1. The second-order valence-corrected chi connectivity index (χ2v) is 4.68. The summed E-state index contributed by atoms with van der Waals surface area (Å²) in [4.78, 5) is 12.3. The molecule has 2 nitrogen and oxygen atoms in total. The molecule has 1 atom stereocenters. The lowest BCUT2D eigenvalue weighted by Crippen LogP contribution is -2.27. The number of thioether (sulfide) groups is 1. The number of rotatable bonds is 3. The molecule has 0 aliphatic carbocycles. The quantitative estimate of drug-likeness (QED) is 0.808.